The van der Waals surface area contributed by atoms with Gasteiger partial charge in [-0.25, -0.2) is 0 Å². The van der Waals surface area contributed by atoms with Crippen molar-refractivity contribution in [1.82, 2.24) is 5.32 Å². The van der Waals surface area contributed by atoms with E-state index in [-0.39, 0.29) is 24.1 Å². The van der Waals surface area contributed by atoms with E-state index in [1.165, 1.54) is 16.8 Å². The molecule has 2 aliphatic rings. The van der Waals surface area contributed by atoms with Crippen LogP contribution in [0.4, 0.5) is 5.69 Å². The van der Waals surface area contributed by atoms with Crippen molar-refractivity contribution < 1.29 is 5.11 Å². The zero-order chi connectivity index (χ0) is 15.7. The van der Waals surface area contributed by atoms with Crippen LogP contribution in [0.5, 0.6) is 0 Å². The van der Waals surface area contributed by atoms with Crippen LogP contribution in [0.2, 0.25) is 0 Å². The van der Waals surface area contributed by atoms with Gasteiger partial charge in [-0.2, -0.15) is 0 Å². The first kappa shape index (κ1) is 14.5. The van der Waals surface area contributed by atoms with Gasteiger partial charge >= 0.3 is 0 Å². The highest BCUT2D eigenvalue weighted by molar-refractivity contribution is 5.57. The molecular formula is C20H22N2O. The van der Waals surface area contributed by atoms with Gasteiger partial charge < -0.3 is 10.4 Å². The van der Waals surface area contributed by atoms with Gasteiger partial charge in [0.05, 0.1) is 18.2 Å². The average molecular weight is 306 g/mol. The summed E-state index contributed by atoms with van der Waals surface area (Å²) in [5, 5.41) is 17.5. The van der Waals surface area contributed by atoms with Crippen LogP contribution in [-0.2, 0) is 0 Å². The van der Waals surface area contributed by atoms with E-state index in [1.807, 2.05) is 6.07 Å². The fourth-order valence-corrected chi connectivity index (χ4v) is 3.91. The molecule has 2 heterocycles. The van der Waals surface area contributed by atoms with Crippen LogP contribution in [0.25, 0.3) is 0 Å². The van der Waals surface area contributed by atoms with Gasteiger partial charge in [0.15, 0.2) is 0 Å². The van der Waals surface area contributed by atoms with Crippen LogP contribution >= 0.6 is 0 Å². The predicted molar refractivity (Wildman–Crippen MR) is 93.6 cm³/mol. The molecular weight excluding hydrogens is 284 g/mol. The maximum Gasteiger partial charge on any atom is 0.0623 e. The van der Waals surface area contributed by atoms with E-state index in [0.717, 1.165) is 13.0 Å². The Morgan fingerprint density at radius 2 is 1.78 bits per heavy atom. The molecule has 0 fully saturated rings. The molecule has 0 radical (unpaired) electrons. The van der Waals surface area contributed by atoms with Crippen LogP contribution < -0.4 is 10.6 Å². The average Bonchev–Trinajstić information content (AvgIpc) is 2.79. The third kappa shape index (κ3) is 2.46. The predicted octanol–water partition coefficient (Wildman–Crippen LogP) is 3.22. The molecule has 3 nitrogen and oxygen atoms in total. The molecule has 2 aromatic carbocycles. The van der Waals surface area contributed by atoms with Crippen molar-refractivity contribution in [2.45, 2.75) is 23.9 Å². The fraction of sp³-hybridized carbons (Fsp3) is 0.300. The van der Waals surface area contributed by atoms with E-state index >= 15 is 0 Å². The topological polar surface area (TPSA) is 44.3 Å². The van der Waals surface area contributed by atoms with Crippen molar-refractivity contribution in [1.29, 1.82) is 0 Å². The zero-order valence-corrected chi connectivity index (χ0v) is 13.1. The number of rotatable bonds is 2. The maximum atomic E-state index is 10.3. The third-order valence-corrected chi connectivity index (χ3v) is 5.16. The maximum absolute atomic E-state index is 10.3. The Morgan fingerprint density at radius 1 is 1.00 bits per heavy atom. The van der Waals surface area contributed by atoms with Gasteiger partial charge in [-0.3, -0.25) is 5.32 Å². The molecule has 118 valence electrons. The molecule has 0 aliphatic carbocycles. The molecule has 0 saturated carbocycles. The van der Waals surface area contributed by atoms with E-state index in [0.29, 0.717) is 0 Å². The standard InChI is InChI=1S/C20H22N2O/c23-14-20-12-13-21-19-9-5-4-8-16(19)17(20)10-11-18(22-20)15-6-2-1-3-7-15/h1-11,17-18,21-23H,12-14H2/t17-,18+,20+/m0/s1. The lowest BCUT2D eigenvalue weighted by Crippen LogP contribution is -2.55. The van der Waals surface area contributed by atoms with Gasteiger partial charge in [-0.15, -0.1) is 0 Å². The number of aliphatic hydroxyl groups excluding tert-OH is 1. The second-order valence-corrected chi connectivity index (χ2v) is 6.47. The summed E-state index contributed by atoms with van der Waals surface area (Å²) >= 11 is 0. The smallest absolute Gasteiger partial charge is 0.0623 e. The highest BCUT2D eigenvalue weighted by Crippen LogP contribution is 2.43. The van der Waals surface area contributed by atoms with Crippen LogP contribution in [-0.4, -0.2) is 23.8 Å². The van der Waals surface area contributed by atoms with Gasteiger partial charge in [-0.05, 0) is 23.6 Å². The summed E-state index contributed by atoms with van der Waals surface area (Å²) in [6, 6.07) is 19.0. The Kier molecular flexibility index (Phi) is 3.68. The quantitative estimate of drug-likeness (QED) is 0.747. The second kappa shape index (κ2) is 5.84. The minimum absolute atomic E-state index is 0.126. The van der Waals surface area contributed by atoms with E-state index in [2.05, 4.69) is 71.3 Å². The van der Waals surface area contributed by atoms with Crippen molar-refractivity contribution in [2.24, 2.45) is 0 Å². The fourth-order valence-electron chi connectivity index (χ4n) is 3.91. The summed E-state index contributed by atoms with van der Waals surface area (Å²) in [5.74, 6) is 0.179. The third-order valence-electron chi connectivity index (χ3n) is 5.16. The van der Waals surface area contributed by atoms with Crippen molar-refractivity contribution in [3.8, 4) is 0 Å². The van der Waals surface area contributed by atoms with Crippen molar-refractivity contribution >= 4 is 5.69 Å². The van der Waals surface area contributed by atoms with Crippen molar-refractivity contribution in [3.05, 3.63) is 77.9 Å². The first-order valence-corrected chi connectivity index (χ1v) is 8.27. The molecule has 0 amide bonds. The minimum Gasteiger partial charge on any atom is -0.394 e. The number of aliphatic hydroxyl groups is 1. The van der Waals surface area contributed by atoms with Crippen LogP contribution in [0.1, 0.15) is 29.5 Å². The monoisotopic (exact) mass is 306 g/mol. The van der Waals surface area contributed by atoms with Gasteiger partial charge in [0.1, 0.15) is 0 Å². The summed E-state index contributed by atoms with van der Waals surface area (Å²) in [5.41, 5.74) is 3.35. The van der Waals surface area contributed by atoms with Crippen molar-refractivity contribution in [3.63, 3.8) is 0 Å². The first-order valence-electron chi connectivity index (χ1n) is 8.27. The number of para-hydroxylation sites is 1. The lowest BCUT2D eigenvalue weighted by Gasteiger charge is -2.43. The molecule has 0 bridgehead atoms. The number of nitrogens with one attached hydrogen (secondary N) is 2. The van der Waals surface area contributed by atoms with Gasteiger partial charge in [0.25, 0.3) is 0 Å². The Morgan fingerprint density at radius 3 is 2.61 bits per heavy atom. The van der Waals surface area contributed by atoms with Gasteiger partial charge in [0, 0.05) is 18.2 Å². The molecule has 0 saturated heterocycles. The molecule has 0 spiro atoms. The normalized spacial score (nSPS) is 29.1. The molecule has 3 heteroatoms. The minimum atomic E-state index is -0.325. The largest absolute Gasteiger partial charge is 0.394 e. The molecule has 23 heavy (non-hydrogen) atoms. The summed E-state index contributed by atoms with van der Waals surface area (Å²) in [7, 11) is 0. The first-order chi connectivity index (χ1) is 11.3. The van der Waals surface area contributed by atoms with Gasteiger partial charge in [-0.1, -0.05) is 60.7 Å². The molecule has 0 unspecified atom stereocenters. The SMILES string of the molecule is OC[C@]12CCNc3ccccc3[C@@H]1C=C[C@H](c1ccccc1)N2. The summed E-state index contributed by atoms with van der Waals surface area (Å²) in [4.78, 5) is 0. The number of anilines is 1. The Balaban J connectivity index is 1.77. The number of fused-ring (bicyclic) bond motifs is 3. The summed E-state index contributed by atoms with van der Waals surface area (Å²) < 4.78 is 0. The lowest BCUT2D eigenvalue weighted by molar-refractivity contribution is 0.128. The van der Waals surface area contributed by atoms with Crippen LogP contribution in [0.15, 0.2) is 66.7 Å². The van der Waals surface area contributed by atoms with Crippen LogP contribution in [0.3, 0.4) is 0 Å². The summed E-state index contributed by atoms with van der Waals surface area (Å²) in [6.45, 7) is 0.984. The van der Waals surface area contributed by atoms with Gasteiger partial charge in [0.2, 0.25) is 0 Å². The highest BCUT2D eigenvalue weighted by Gasteiger charge is 2.43. The van der Waals surface area contributed by atoms with E-state index in [1.54, 1.807) is 0 Å². The lowest BCUT2D eigenvalue weighted by atomic mass is 9.74. The molecule has 4 rings (SSSR count). The van der Waals surface area contributed by atoms with Crippen LogP contribution in [0, 0.1) is 0 Å². The molecule has 2 aliphatic heterocycles. The second-order valence-electron chi connectivity index (χ2n) is 6.47. The number of hydrogen-bond acceptors (Lipinski definition) is 3. The molecule has 0 aromatic heterocycles. The molecule has 3 N–H and O–H groups in total. The molecule has 2 aromatic rings. The van der Waals surface area contributed by atoms with E-state index in [9.17, 15) is 5.11 Å². The number of hydrogen-bond donors (Lipinski definition) is 3. The Hall–Kier alpha value is -2.10. The summed E-state index contributed by atoms with van der Waals surface area (Å²) in [6.07, 6.45) is 5.39. The Bertz CT molecular complexity index is 713. The van der Waals surface area contributed by atoms with E-state index < -0.39 is 0 Å². The number of benzene rings is 2. The zero-order valence-electron chi connectivity index (χ0n) is 13.1. The van der Waals surface area contributed by atoms with Crippen molar-refractivity contribution in [2.75, 3.05) is 18.5 Å². The molecule has 3 atom stereocenters. The highest BCUT2D eigenvalue weighted by atomic mass is 16.3. The Labute approximate surface area is 137 Å². The van der Waals surface area contributed by atoms with E-state index in [4.69, 9.17) is 0 Å².